The van der Waals surface area contributed by atoms with Crippen molar-refractivity contribution in [1.82, 2.24) is 10.4 Å². The fourth-order valence-electron chi connectivity index (χ4n) is 2.36. The molecule has 0 saturated carbocycles. The third kappa shape index (κ3) is 2.79. The fraction of sp³-hybridized carbons (Fsp3) is 0.176. The van der Waals surface area contributed by atoms with E-state index in [2.05, 4.69) is 5.43 Å². The van der Waals surface area contributed by atoms with Crippen LogP contribution in [-0.2, 0) is 11.3 Å². The average molecular weight is 295 g/mol. The first-order valence-corrected chi connectivity index (χ1v) is 7.12. The third-order valence-corrected chi connectivity index (χ3v) is 3.54. The smallest absolute Gasteiger partial charge is 0.279 e. The van der Waals surface area contributed by atoms with Crippen molar-refractivity contribution in [1.29, 1.82) is 5.41 Å². The van der Waals surface area contributed by atoms with Gasteiger partial charge < -0.3 is 4.74 Å². The van der Waals surface area contributed by atoms with Gasteiger partial charge in [0.1, 0.15) is 11.6 Å². The molecule has 22 heavy (non-hydrogen) atoms. The molecule has 1 amide bonds. The van der Waals surface area contributed by atoms with Crippen LogP contribution in [0.4, 0.5) is 0 Å². The molecule has 0 spiro atoms. The van der Waals surface area contributed by atoms with Crippen molar-refractivity contribution in [2.24, 2.45) is 0 Å². The summed E-state index contributed by atoms with van der Waals surface area (Å²) in [6, 6.07) is 16.9. The summed E-state index contributed by atoms with van der Waals surface area (Å²) in [6.07, 6.45) is -0.640. The minimum atomic E-state index is -0.640. The minimum Gasteiger partial charge on any atom is -0.481 e. The number of amidine groups is 1. The third-order valence-electron chi connectivity index (χ3n) is 3.54. The van der Waals surface area contributed by atoms with Gasteiger partial charge in [-0.15, -0.1) is 0 Å². The first kappa shape index (κ1) is 14.1. The van der Waals surface area contributed by atoms with Crippen LogP contribution in [-0.4, -0.2) is 22.9 Å². The molecule has 0 aromatic heterocycles. The van der Waals surface area contributed by atoms with Crippen LogP contribution in [0.1, 0.15) is 18.1 Å². The van der Waals surface area contributed by atoms with Crippen LogP contribution in [0.3, 0.4) is 0 Å². The molecule has 2 aromatic carbocycles. The molecule has 3 rings (SSSR count). The number of benzene rings is 2. The standard InChI is InChI=1S/C17H17N3O2/c1-12(22-14-8-3-2-4-9-14)17(21)19-20-11-13-7-5-6-10-15(13)16(20)18/h2-10,12,18H,11H2,1H3,(H,19,21)/t12-/m1/s1. The Hall–Kier alpha value is -2.82. The van der Waals surface area contributed by atoms with E-state index in [1.54, 1.807) is 19.1 Å². The van der Waals surface area contributed by atoms with E-state index in [1.165, 1.54) is 5.01 Å². The summed E-state index contributed by atoms with van der Waals surface area (Å²) in [4.78, 5) is 12.2. The molecule has 1 atom stereocenters. The van der Waals surface area contributed by atoms with Crippen molar-refractivity contribution in [2.45, 2.75) is 19.6 Å². The molecular weight excluding hydrogens is 278 g/mol. The molecule has 1 aliphatic rings. The van der Waals surface area contributed by atoms with Crippen molar-refractivity contribution in [2.75, 3.05) is 0 Å². The Balaban J connectivity index is 1.62. The van der Waals surface area contributed by atoms with Gasteiger partial charge in [-0.25, -0.2) is 0 Å². The highest BCUT2D eigenvalue weighted by Gasteiger charge is 2.26. The Labute approximate surface area is 129 Å². The highest BCUT2D eigenvalue weighted by Crippen LogP contribution is 2.20. The Kier molecular flexibility index (Phi) is 3.78. The van der Waals surface area contributed by atoms with Gasteiger partial charge in [0.05, 0.1) is 6.54 Å². The van der Waals surface area contributed by atoms with Crippen LogP contribution < -0.4 is 10.2 Å². The van der Waals surface area contributed by atoms with Crippen molar-refractivity contribution < 1.29 is 9.53 Å². The largest absolute Gasteiger partial charge is 0.481 e. The monoisotopic (exact) mass is 295 g/mol. The summed E-state index contributed by atoms with van der Waals surface area (Å²) in [5, 5.41) is 9.65. The molecule has 2 N–H and O–H groups in total. The molecule has 0 radical (unpaired) electrons. The molecule has 0 aliphatic carbocycles. The molecule has 1 heterocycles. The molecule has 0 fully saturated rings. The highest BCUT2D eigenvalue weighted by atomic mass is 16.5. The van der Waals surface area contributed by atoms with Crippen molar-refractivity contribution in [3.8, 4) is 5.75 Å². The number of hydrogen-bond donors (Lipinski definition) is 2. The second kappa shape index (κ2) is 5.89. The van der Waals surface area contributed by atoms with Gasteiger partial charge in [0.25, 0.3) is 5.91 Å². The van der Waals surface area contributed by atoms with Crippen molar-refractivity contribution in [3.05, 3.63) is 65.7 Å². The quantitative estimate of drug-likeness (QED) is 0.910. The molecule has 5 heteroatoms. The number of ether oxygens (including phenoxy) is 1. The Morgan fingerprint density at radius 1 is 1.18 bits per heavy atom. The molecule has 0 bridgehead atoms. The predicted molar refractivity (Wildman–Crippen MR) is 83.5 cm³/mol. The Bertz CT molecular complexity index is 700. The van der Waals surface area contributed by atoms with E-state index in [0.717, 1.165) is 11.1 Å². The van der Waals surface area contributed by atoms with E-state index >= 15 is 0 Å². The van der Waals surface area contributed by atoms with Gasteiger partial charge in [0.2, 0.25) is 0 Å². The zero-order valence-electron chi connectivity index (χ0n) is 12.2. The van der Waals surface area contributed by atoms with Gasteiger partial charge >= 0.3 is 0 Å². The number of nitrogens with zero attached hydrogens (tertiary/aromatic N) is 1. The summed E-state index contributed by atoms with van der Waals surface area (Å²) >= 11 is 0. The number of hydrazine groups is 1. The summed E-state index contributed by atoms with van der Waals surface area (Å²) < 4.78 is 5.59. The SMILES string of the molecule is C[C@@H](Oc1ccccc1)C(=O)NN1Cc2ccccc2C1=N. The summed E-state index contributed by atoms with van der Waals surface area (Å²) in [5.41, 5.74) is 4.62. The van der Waals surface area contributed by atoms with E-state index in [1.807, 2.05) is 42.5 Å². The topological polar surface area (TPSA) is 65.4 Å². The van der Waals surface area contributed by atoms with E-state index in [4.69, 9.17) is 10.1 Å². The fourth-order valence-corrected chi connectivity index (χ4v) is 2.36. The first-order valence-electron chi connectivity index (χ1n) is 7.12. The van der Waals surface area contributed by atoms with E-state index in [0.29, 0.717) is 18.1 Å². The number of amides is 1. The van der Waals surface area contributed by atoms with Crippen molar-refractivity contribution >= 4 is 11.7 Å². The number of hydrogen-bond acceptors (Lipinski definition) is 3. The number of carbonyl (C=O) groups excluding carboxylic acids is 1. The number of fused-ring (bicyclic) bond motifs is 1. The van der Waals surface area contributed by atoms with E-state index in [9.17, 15) is 4.79 Å². The molecular formula is C17H17N3O2. The Morgan fingerprint density at radius 3 is 2.59 bits per heavy atom. The lowest BCUT2D eigenvalue weighted by atomic mass is 10.1. The second-order valence-corrected chi connectivity index (χ2v) is 5.14. The van der Waals surface area contributed by atoms with Crippen LogP contribution in [0.5, 0.6) is 5.75 Å². The molecule has 112 valence electrons. The zero-order valence-corrected chi connectivity index (χ0v) is 12.2. The maximum Gasteiger partial charge on any atom is 0.279 e. The van der Waals surface area contributed by atoms with E-state index < -0.39 is 6.10 Å². The summed E-state index contributed by atoms with van der Waals surface area (Å²) in [6.45, 7) is 2.19. The van der Waals surface area contributed by atoms with Crippen LogP contribution in [0.25, 0.3) is 0 Å². The van der Waals surface area contributed by atoms with Gasteiger partial charge in [-0.05, 0) is 24.6 Å². The predicted octanol–water partition coefficient (Wildman–Crippen LogP) is 2.33. The van der Waals surface area contributed by atoms with Crippen LogP contribution >= 0.6 is 0 Å². The van der Waals surface area contributed by atoms with Gasteiger partial charge in [-0.3, -0.25) is 20.6 Å². The lowest BCUT2D eigenvalue weighted by molar-refractivity contribution is -0.130. The van der Waals surface area contributed by atoms with Crippen molar-refractivity contribution in [3.63, 3.8) is 0 Å². The molecule has 0 unspecified atom stereocenters. The average Bonchev–Trinajstić information content (AvgIpc) is 2.85. The maximum absolute atomic E-state index is 12.2. The molecule has 2 aromatic rings. The molecule has 1 aliphatic heterocycles. The second-order valence-electron chi connectivity index (χ2n) is 5.14. The maximum atomic E-state index is 12.2. The first-order chi connectivity index (χ1) is 10.6. The van der Waals surface area contributed by atoms with E-state index in [-0.39, 0.29) is 5.91 Å². The normalized spacial score (nSPS) is 14.4. The van der Waals surface area contributed by atoms with Crippen LogP contribution in [0.15, 0.2) is 54.6 Å². The van der Waals surface area contributed by atoms with Crippen LogP contribution in [0.2, 0.25) is 0 Å². The summed E-state index contributed by atoms with van der Waals surface area (Å²) in [5.74, 6) is 0.669. The highest BCUT2D eigenvalue weighted by molar-refractivity contribution is 6.01. The lowest BCUT2D eigenvalue weighted by Gasteiger charge is -2.22. The summed E-state index contributed by atoms with van der Waals surface area (Å²) in [7, 11) is 0. The number of rotatable bonds is 4. The lowest BCUT2D eigenvalue weighted by Crippen LogP contribution is -2.47. The van der Waals surface area contributed by atoms with Crippen LogP contribution in [0, 0.1) is 5.41 Å². The Morgan fingerprint density at radius 2 is 1.86 bits per heavy atom. The molecule has 0 saturated heterocycles. The number of nitrogens with one attached hydrogen (secondary N) is 2. The number of carbonyl (C=O) groups is 1. The zero-order chi connectivity index (χ0) is 15.5. The van der Waals surface area contributed by atoms with Gasteiger partial charge in [0.15, 0.2) is 6.10 Å². The minimum absolute atomic E-state index is 0.276. The van der Waals surface area contributed by atoms with Gasteiger partial charge in [-0.2, -0.15) is 0 Å². The number of para-hydroxylation sites is 1. The van der Waals surface area contributed by atoms with Gasteiger partial charge in [0, 0.05) is 5.56 Å². The van der Waals surface area contributed by atoms with Gasteiger partial charge in [-0.1, -0.05) is 42.5 Å². The molecule has 5 nitrogen and oxygen atoms in total.